The Labute approximate surface area is 118 Å². The van der Waals surface area contributed by atoms with Gasteiger partial charge in [0.25, 0.3) is 0 Å². The second-order valence-electron chi connectivity index (χ2n) is 4.91. The van der Waals surface area contributed by atoms with E-state index < -0.39 is 21.8 Å². The molecule has 0 aliphatic carbocycles. The molecule has 20 heavy (non-hydrogen) atoms. The van der Waals surface area contributed by atoms with Crippen molar-refractivity contribution in [2.45, 2.75) is 4.90 Å². The molecule has 7 nitrogen and oxygen atoms in total. The highest BCUT2D eigenvalue weighted by molar-refractivity contribution is 7.89. The maximum atomic E-state index is 12.5. The highest BCUT2D eigenvalue weighted by atomic mass is 32.2. The van der Waals surface area contributed by atoms with Crippen LogP contribution in [0.1, 0.15) is 0 Å². The van der Waals surface area contributed by atoms with Gasteiger partial charge >= 0.3 is 0 Å². The second-order valence-corrected chi connectivity index (χ2v) is 6.85. The van der Waals surface area contributed by atoms with Gasteiger partial charge in [-0.3, -0.25) is 9.78 Å². The topological polar surface area (TPSA) is 96.6 Å². The molecule has 8 heteroatoms. The predicted octanol–water partition coefficient (Wildman–Crippen LogP) is -0.881. The highest BCUT2D eigenvalue weighted by Gasteiger charge is 2.32. The van der Waals surface area contributed by atoms with Crippen molar-refractivity contribution in [3.05, 3.63) is 24.5 Å². The average molecular weight is 298 g/mol. The van der Waals surface area contributed by atoms with Crippen LogP contribution >= 0.6 is 0 Å². The molecule has 1 aliphatic heterocycles. The summed E-state index contributed by atoms with van der Waals surface area (Å²) in [6.07, 6.45) is 2.82. The van der Waals surface area contributed by atoms with Gasteiger partial charge in [-0.1, -0.05) is 0 Å². The van der Waals surface area contributed by atoms with E-state index in [4.69, 9.17) is 5.73 Å². The molecule has 1 fully saturated rings. The van der Waals surface area contributed by atoms with Gasteiger partial charge in [0.1, 0.15) is 4.90 Å². The van der Waals surface area contributed by atoms with E-state index in [-0.39, 0.29) is 11.4 Å². The van der Waals surface area contributed by atoms with E-state index in [1.165, 1.54) is 22.8 Å². The molecule has 0 saturated carbocycles. The molecule has 0 bridgehead atoms. The number of carbonyl (C=O) groups is 1. The summed E-state index contributed by atoms with van der Waals surface area (Å²) in [6.45, 7) is 1.46. The van der Waals surface area contributed by atoms with Crippen LogP contribution in [-0.4, -0.2) is 61.7 Å². The minimum atomic E-state index is -3.64. The van der Waals surface area contributed by atoms with Crippen LogP contribution in [0.5, 0.6) is 0 Å². The molecule has 0 unspecified atom stereocenters. The quantitative estimate of drug-likeness (QED) is 0.781. The number of amides is 1. The van der Waals surface area contributed by atoms with Crippen molar-refractivity contribution in [3.63, 3.8) is 0 Å². The normalized spacial score (nSPS) is 22.4. The third-order valence-corrected chi connectivity index (χ3v) is 5.21. The number of rotatable bonds is 3. The van der Waals surface area contributed by atoms with Crippen molar-refractivity contribution in [1.29, 1.82) is 0 Å². The second kappa shape index (κ2) is 5.86. The molecule has 1 aromatic heterocycles. The zero-order valence-electron chi connectivity index (χ0n) is 11.3. The molecule has 2 N–H and O–H groups in total. The fourth-order valence-corrected chi connectivity index (χ4v) is 3.63. The van der Waals surface area contributed by atoms with Gasteiger partial charge in [-0.15, -0.1) is 0 Å². The van der Waals surface area contributed by atoms with E-state index in [2.05, 4.69) is 4.98 Å². The lowest BCUT2D eigenvalue weighted by Gasteiger charge is -2.21. The standard InChI is InChI=1S/C12H18N4O3S/c1-15-5-6-16(9-10(8-15)12(13)17)20(18,19)11-3-2-4-14-7-11/h2-4,7,10H,5-6,8-9H2,1H3,(H2,13,17)/t10-/m1/s1. The van der Waals surface area contributed by atoms with Gasteiger partial charge in [0.2, 0.25) is 15.9 Å². The van der Waals surface area contributed by atoms with Crippen LogP contribution < -0.4 is 5.73 Å². The van der Waals surface area contributed by atoms with E-state index in [9.17, 15) is 13.2 Å². The lowest BCUT2D eigenvalue weighted by atomic mass is 10.1. The molecule has 0 aromatic carbocycles. The zero-order valence-corrected chi connectivity index (χ0v) is 12.1. The van der Waals surface area contributed by atoms with Gasteiger partial charge in [0.15, 0.2) is 0 Å². The van der Waals surface area contributed by atoms with Crippen molar-refractivity contribution in [1.82, 2.24) is 14.2 Å². The average Bonchev–Trinajstić information content (AvgIpc) is 2.62. The van der Waals surface area contributed by atoms with Crippen molar-refractivity contribution < 1.29 is 13.2 Å². The molecule has 2 heterocycles. The third-order valence-electron chi connectivity index (χ3n) is 3.36. The van der Waals surface area contributed by atoms with E-state index in [0.29, 0.717) is 19.6 Å². The number of nitrogens with two attached hydrogens (primary N) is 1. The van der Waals surface area contributed by atoms with Crippen molar-refractivity contribution >= 4 is 15.9 Å². The Morgan fingerprint density at radius 1 is 1.40 bits per heavy atom. The molecule has 1 aromatic rings. The van der Waals surface area contributed by atoms with Gasteiger partial charge in [-0.05, 0) is 19.2 Å². The van der Waals surface area contributed by atoms with Crippen LogP contribution in [0.25, 0.3) is 0 Å². The number of carbonyl (C=O) groups excluding carboxylic acids is 1. The summed E-state index contributed by atoms with van der Waals surface area (Å²) < 4.78 is 26.4. The summed E-state index contributed by atoms with van der Waals surface area (Å²) in [5.74, 6) is -0.987. The Bertz CT molecular complexity index is 576. The van der Waals surface area contributed by atoms with Crippen LogP contribution in [0, 0.1) is 5.92 Å². The van der Waals surface area contributed by atoms with Crippen LogP contribution in [0.3, 0.4) is 0 Å². The number of primary amides is 1. The molecule has 1 saturated heterocycles. The smallest absolute Gasteiger partial charge is 0.244 e. The molecule has 2 rings (SSSR count). The largest absolute Gasteiger partial charge is 0.369 e. The molecule has 1 aliphatic rings. The highest BCUT2D eigenvalue weighted by Crippen LogP contribution is 2.18. The number of hydrogen-bond donors (Lipinski definition) is 1. The first-order chi connectivity index (χ1) is 9.41. The van der Waals surface area contributed by atoms with Crippen LogP contribution in [0.2, 0.25) is 0 Å². The first-order valence-electron chi connectivity index (χ1n) is 6.29. The number of aromatic nitrogens is 1. The van der Waals surface area contributed by atoms with Crippen molar-refractivity contribution in [2.75, 3.05) is 33.2 Å². The maximum absolute atomic E-state index is 12.5. The minimum absolute atomic E-state index is 0.108. The van der Waals surface area contributed by atoms with Crippen molar-refractivity contribution in [3.8, 4) is 0 Å². The number of pyridine rings is 1. The van der Waals surface area contributed by atoms with Crippen LogP contribution in [-0.2, 0) is 14.8 Å². The Morgan fingerprint density at radius 3 is 2.75 bits per heavy atom. The summed E-state index contributed by atoms with van der Waals surface area (Å²) in [5, 5.41) is 0. The van der Waals surface area contributed by atoms with Crippen molar-refractivity contribution in [2.24, 2.45) is 11.7 Å². The maximum Gasteiger partial charge on any atom is 0.244 e. The summed E-state index contributed by atoms with van der Waals surface area (Å²) in [5.41, 5.74) is 5.34. The lowest BCUT2D eigenvalue weighted by Crippen LogP contribution is -2.40. The lowest BCUT2D eigenvalue weighted by molar-refractivity contribution is -0.122. The first-order valence-corrected chi connectivity index (χ1v) is 7.73. The summed E-state index contributed by atoms with van der Waals surface area (Å²) >= 11 is 0. The van der Waals surface area contributed by atoms with E-state index in [1.807, 2.05) is 11.9 Å². The Hall–Kier alpha value is -1.51. The Kier molecular flexibility index (Phi) is 4.36. The van der Waals surface area contributed by atoms with Gasteiger partial charge in [-0.25, -0.2) is 8.42 Å². The molecule has 110 valence electrons. The third kappa shape index (κ3) is 3.14. The molecule has 1 amide bonds. The molecule has 1 atom stereocenters. The fraction of sp³-hybridized carbons (Fsp3) is 0.500. The Morgan fingerprint density at radius 2 is 2.15 bits per heavy atom. The van der Waals surface area contributed by atoms with Gasteiger partial charge < -0.3 is 10.6 Å². The zero-order chi connectivity index (χ0) is 14.8. The fourth-order valence-electron chi connectivity index (χ4n) is 2.19. The minimum Gasteiger partial charge on any atom is -0.369 e. The number of hydrogen-bond acceptors (Lipinski definition) is 5. The molecular formula is C12H18N4O3S. The van der Waals surface area contributed by atoms with Gasteiger partial charge in [0, 0.05) is 38.6 Å². The SMILES string of the molecule is CN1CCN(S(=O)(=O)c2cccnc2)C[C@H](C(N)=O)C1. The summed E-state index contributed by atoms with van der Waals surface area (Å²) in [6, 6.07) is 3.07. The van der Waals surface area contributed by atoms with Gasteiger partial charge in [-0.2, -0.15) is 4.31 Å². The number of nitrogens with zero attached hydrogens (tertiary/aromatic N) is 3. The van der Waals surface area contributed by atoms with Gasteiger partial charge in [0.05, 0.1) is 5.92 Å². The van der Waals surface area contributed by atoms with Crippen LogP contribution in [0.15, 0.2) is 29.4 Å². The van der Waals surface area contributed by atoms with E-state index in [0.717, 1.165) is 0 Å². The van der Waals surface area contributed by atoms with E-state index >= 15 is 0 Å². The summed E-state index contributed by atoms with van der Waals surface area (Å²) in [4.78, 5) is 17.3. The first kappa shape index (κ1) is 14.9. The monoisotopic (exact) mass is 298 g/mol. The molecular weight excluding hydrogens is 280 g/mol. The van der Waals surface area contributed by atoms with Crippen LogP contribution in [0.4, 0.5) is 0 Å². The molecule has 0 spiro atoms. The predicted molar refractivity (Wildman–Crippen MR) is 73.2 cm³/mol. The molecule has 0 radical (unpaired) electrons. The number of likely N-dealkylation sites (N-methyl/N-ethyl adjacent to an activating group) is 1. The number of sulfonamides is 1. The van der Waals surface area contributed by atoms with E-state index in [1.54, 1.807) is 6.07 Å². The Balaban J connectivity index is 2.29. The summed E-state index contributed by atoms with van der Waals surface area (Å²) in [7, 11) is -1.80.